The van der Waals surface area contributed by atoms with E-state index in [2.05, 4.69) is 0 Å². The van der Waals surface area contributed by atoms with Crippen LogP contribution < -0.4 is 10.2 Å². The largest absolute Gasteiger partial charge is 0.489 e. The van der Waals surface area contributed by atoms with E-state index in [9.17, 15) is 0 Å². The molecule has 2 N–H and O–H groups in total. The van der Waals surface area contributed by atoms with Crippen molar-refractivity contribution in [1.82, 2.24) is 0 Å². The Bertz CT molecular complexity index is 558. The van der Waals surface area contributed by atoms with E-state index in [1.807, 2.05) is 37.3 Å². The summed E-state index contributed by atoms with van der Waals surface area (Å²) in [5, 5.41) is 18.6. The highest BCUT2D eigenvalue weighted by Crippen LogP contribution is 2.22. The van der Waals surface area contributed by atoms with Crippen LogP contribution in [0.2, 0.25) is 5.02 Å². The first-order valence-electron chi connectivity index (χ1n) is 5.91. The average Bonchev–Trinajstić information content (AvgIpc) is 2.40. The Morgan fingerprint density at radius 1 is 1.16 bits per heavy atom. The minimum absolute atomic E-state index is 0.281. The maximum atomic E-state index is 9.16. The number of aryl methyl sites for hydroxylation is 1. The number of hydrogen-bond donors (Lipinski definition) is 2. The van der Waals surface area contributed by atoms with Gasteiger partial charge in [0.1, 0.15) is 12.4 Å². The maximum Gasteiger partial charge on any atom is 0.489 e. The molecular formula is C14H14BClO3. The molecule has 0 unspecified atom stereocenters. The van der Waals surface area contributed by atoms with Crippen molar-refractivity contribution in [3.05, 3.63) is 58.6 Å². The third kappa shape index (κ3) is 3.50. The van der Waals surface area contributed by atoms with Crippen molar-refractivity contribution in [2.45, 2.75) is 13.5 Å². The lowest BCUT2D eigenvalue weighted by molar-refractivity contribution is 0.304. The molecule has 0 aliphatic carbocycles. The second kappa shape index (κ2) is 6.11. The predicted octanol–water partition coefficient (Wildman–Crippen LogP) is 1.91. The smallest absolute Gasteiger partial charge is 0.489 e. The van der Waals surface area contributed by atoms with Crippen LogP contribution in [0, 0.1) is 6.92 Å². The van der Waals surface area contributed by atoms with Gasteiger partial charge >= 0.3 is 7.12 Å². The third-order valence-corrected chi connectivity index (χ3v) is 3.14. The van der Waals surface area contributed by atoms with Crippen LogP contribution in [0.25, 0.3) is 0 Å². The molecule has 98 valence electrons. The van der Waals surface area contributed by atoms with Gasteiger partial charge in [-0.15, -0.1) is 0 Å². The molecule has 5 heteroatoms. The zero-order valence-electron chi connectivity index (χ0n) is 10.5. The summed E-state index contributed by atoms with van der Waals surface area (Å²) in [6.45, 7) is 2.28. The number of benzene rings is 2. The van der Waals surface area contributed by atoms with Crippen LogP contribution in [-0.4, -0.2) is 17.2 Å². The number of rotatable bonds is 4. The Hall–Kier alpha value is -1.49. The van der Waals surface area contributed by atoms with Crippen molar-refractivity contribution in [2.75, 3.05) is 0 Å². The first-order chi connectivity index (χ1) is 9.08. The summed E-state index contributed by atoms with van der Waals surface area (Å²) in [6.07, 6.45) is 0. The van der Waals surface area contributed by atoms with Crippen LogP contribution in [0.3, 0.4) is 0 Å². The molecule has 0 aliphatic heterocycles. The average molecular weight is 277 g/mol. The van der Waals surface area contributed by atoms with Gasteiger partial charge in [0.25, 0.3) is 0 Å². The molecule has 2 aromatic rings. The Labute approximate surface area is 117 Å². The Balaban J connectivity index is 2.15. The van der Waals surface area contributed by atoms with Crippen LogP contribution in [0.1, 0.15) is 11.1 Å². The van der Waals surface area contributed by atoms with Gasteiger partial charge in [-0.3, -0.25) is 0 Å². The van der Waals surface area contributed by atoms with Crippen molar-refractivity contribution in [1.29, 1.82) is 0 Å². The van der Waals surface area contributed by atoms with E-state index in [1.165, 1.54) is 0 Å². The van der Waals surface area contributed by atoms with Gasteiger partial charge in [0.05, 0.1) is 0 Å². The van der Waals surface area contributed by atoms with E-state index < -0.39 is 7.12 Å². The molecule has 0 bridgehead atoms. The second-order valence-electron chi connectivity index (χ2n) is 4.29. The molecule has 0 aliphatic rings. The molecule has 0 radical (unpaired) electrons. The van der Waals surface area contributed by atoms with Gasteiger partial charge in [0.2, 0.25) is 0 Å². The standard InChI is InChI=1S/C14H14BClO3/c1-10-7-12(15(17)18)13(16)8-14(10)19-9-11-5-3-2-4-6-11/h2-8,17-18H,9H2,1H3. The van der Waals surface area contributed by atoms with E-state index in [4.69, 9.17) is 26.4 Å². The van der Waals surface area contributed by atoms with Crippen molar-refractivity contribution in [3.63, 3.8) is 0 Å². The number of halogens is 1. The van der Waals surface area contributed by atoms with Crippen LogP contribution >= 0.6 is 11.6 Å². The summed E-state index contributed by atoms with van der Waals surface area (Å²) < 4.78 is 5.69. The molecule has 0 fully saturated rings. The van der Waals surface area contributed by atoms with Crippen molar-refractivity contribution < 1.29 is 14.8 Å². The van der Waals surface area contributed by atoms with E-state index in [0.29, 0.717) is 12.4 Å². The van der Waals surface area contributed by atoms with Gasteiger partial charge in [-0.1, -0.05) is 48.0 Å². The van der Waals surface area contributed by atoms with E-state index in [1.54, 1.807) is 12.1 Å². The monoisotopic (exact) mass is 276 g/mol. The second-order valence-corrected chi connectivity index (χ2v) is 4.69. The van der Waals surface area contributed by atoms with Gasteiger partial charge in [-0.05, 0) is 24.1 Å². The number of hydrogen-bond acceptors (Lipinski definition) is 3. The van der Waals surface area contributed by atoms with E-state index >= 15 is 0 Å². The molecule has 19 heavy (non-hydrogen) atoms. The first-order valence-corrected chi connectivity index (χ1v) is 6.28. The van der Waals surface area contributed by atoms with Gasteiger partial charge in [0.15, 0.2) is 0 Å². The molecule has 0 atom stereocenters. The van der Waals surface area contributed by atoms with Gasteiger partial charge in [-0.25, -0.2) is 0 Å². The van der Waals surface area contributed by atoms with Crippen LogP contribution in [0.5, 0.6) is 5.75 Å². The molecular weight excluding hydrogens is 262 g/mol. The molecule has 2 rings (SSSR count). The molecule has 0 heterocycles. The van der Waals surface area contributed by atoms with Crippen LogP contribution in [-0.2, 0) is 6.61 Å². The lowest BCUT2D eigenvalue weighted by Gasteiger charge is -2.12. The van der Waals surface area contributed by atoms with Gasteiger partial charge < -0.3 is 14.8 Å². The summed E-state index contributed by atoms with van der Waals surface area (Å²) >= 11 is 5.98. The van der Waals surface area contributed by atoms with Crippen molar-refractivity contribution in [2.24, 2.45) is 0 Å². The molecule has 3 nitrogen and oxygen atoms in total. The highest BCUT2D eigenvalue weighted by molar-refractivity contribution is 6.62. The summed E-state index contributed by atoms with van der Waals surface area (Å²) in [6, 6.07) is 13.0. The van der Waals surface area contributed by atoms with E-state index in [0.717, 1.165) is 11.1 Å². The maximum absolute atomic E-state index is 9.16. The number of ether oxygens (including phenoxy) is 1. The zero-order valence-corrected chi connectivity index (χ0v) is 11.3. The molecule has 0 amide bonds. The minimum atomic E-state index is -1.57. The van der Waals surface area contributed by atoms with Crippen LogP contribution in [0.15, 0.2) is 42.5 Å². The zero-order chi connectivity index (χ0) is 13.8. The van der Waals surface area contributed by atoms with Crippen molar-refractivity contribution in [3.8, 4) is 5.75 Å². The molecule has 0 saturated carbocycles. The summed E-state index contributed by atoms with van der Waals surface area (Å²) in [5.41, 5.74) is 2.15. The van der Waals surface area contributed by atoms with Crippen LogP contribution in [0.4, 0.5) is 0 Å². The van der Waals surface area contributed by atoms with Gasteiger partial charge in [0, 0.05) is 10.5 Å². The fraction of sp³-hybridized carbons (Fsp3) is 0.143. The highest BCUT2D eigenvalue weighted by atomic mass is 35.5. The fourth-order valence-electron chi connectivity index (χ4n) is 1.77. The normalized spacial score (nSPS) is 10.3. The highest BCUT2D eigenvalue weighted by Gasteiger charge is 2.17. The Kier molecular flexibility index (Phi) is 4.48. The summed E-state index contributed by atoms with van der Waals surface area (Å²) in [7, 11) is -1.57. The predicted molar refractivity (Wildman–Crippen MR) is 76.8 cm³/mol. The Morgan fingerprint density at radius 2 is 1.84 bits per heavy atom. The fourth-order valence-corrected chi connectivity index (χ4v) is 2.03. The quantitative estimate of drug-likeness (QED) is 0.839. The third-order valence-electron chi connectivity index (χ3n) is 2.81. The molecule has 0 saturated heterocycles. The van der Waals surface area contributed by atoms with E-state index in [-0.39, 0.29) is 10.5 Å². The lowest BCUT2D eigenvalue weighted by atomic mass is 9.79. The Morgan fingerprint density at radius 3 is 2.47 bits per heavy atom. The minimum Gasteiger partial charge on any atom is -0.489 e. The molecule has 0 aromatic heterocycles. The molecule has 0 spiro atoms. The SMILES string of the molecule is Cc1cc(B(O)O)c(Cl)cc1OCc1ccccc1. The summed E-state index contributed by atoms with van der Waals surface area (Å²) in [5.74, 6) is 0.637. The topological polar surface area (TPSA) is 49.7 Å². The summed E-state index contributed by atoms with van der Waals surface area (Å²) in [4.78, 5) is 0. The molecule has 2 aromatic carbocycles. The van der Waals surface area contributed by atoms with Crippen molar-refractivity contribution >= 4 is 24.2 Å². The first kappa shape index (κ1) is 13.9. The van der Waals surface area contributed by atoms with Gasteiger partial charge in [-0.2, -0.15) is 0 Å². The lowest BCUT2D eigenvalue weighted by Crippen LogP contribution is -2.31.